The smallest absolute Gasteiger partial charge is 0.296 e. The maximum absolute atomic E-state index is 12.4. The zero-order valence-corrected chi connectivity index (χ0v) is 14.4. The van der Waals surface area contributed by atoms with E-state index in [2.05, 4.69) is 19.2 Å². The topological polar surface area (TPSA) is 81.5 Å². The molecule has 0 saturated carbocycles. The Labute approximate surface area is 144 Å². The molecule has 126 valence electrons. The van der Waals surface area contributed by atoms with Gasteiger partial charge in [-0.1, -0.05) is 19.9 Å². The summed E-state index contributed by atoms with van der Waals surface area (Å²) >= 11 is 1.64. The Balaban J connectivity index is 2.25. The van der Waals surface area contributed by atoms with Crippen LogP contribution in [0.3, 0.4) is 0 Å². The van der Waals surface area contributed by atoms with E-state index in [4.69, 9.17) is 4.74 Å². The van der Waals surface area contributed by atoms with E-state index in [0.717, 1.165) is 4.90 Å². The Hall–Kier alpha value is -2.54. The second-order valence-corrected chi connectivity index (χ2v) is 6.94. The van der Waals surface area contributed by atoms with Gasteiger partial charge in [-0.15, -0.1) is 11.8 Å². The molecule has 0 fully saturated rings. The van der Waals surface area contributed by atoms with Crippen LogP contribution in [0.4, 0.5) is 11.4 Å². The minimum Gasteiger partial charge on any atom is -0.496 e. The molecular formula is C17H18N2O4S. The predicted molar refractivity (Wildman–Crippen MR) is 95.0 cm³/mol. The van der Waals surface area contributed by atoms with Crippen LogP contribution in [0.5, 0.6) is 5.75 Å². The second-order valence-electron chi connectivity index (χ2n) is 5.29. The minimum atomic E-state index is -0.552. The van der Waals surface area contributed by atoms with Crippen LogP contribution in [0.15, 0.2) is 47.4 Å². The monoisotopic (exact) mass is 346 g/mol. The number of carbonyl (C=O) groups is 1. The molecule has 0 aliphatic carbocycles. The number of benzene rings is 2. The van der Waals surface area contributed by atoms with Crippen LogP contribution in [0, 0.1) is 10.1 Å². The van der Waals surface area contributed by atoms with E-state index in [-0.39, 0.29) is 11.4 Å². The first-order chi connectivity index (χ1) is 11.4. The van der Waals surface area contributed by atoms with E-state index >= 15 is 0 Å². The third kappa shape index (κ3) is 4.48. The number of nitrogens with zero attached hydrogens (tertiary/aromatic N) is 1. The van der Waals surface area contributed by atoms with Crippen molar-refractivity contribution >= 4 is 29.0 Å². The van der Waals surface area contributed by atoms with Gasteiger partial charge in [-0.05, 0) is 30.3 Å². The first-order valence-electron chi connectivity index (χ1n) is 7.31. The number of amides is 1. The van der Waals surface area contributed by atoms with Crippen molar-refractivity contribution in [2.75, 3.05) is 12.4 Å². The zero-order chi connectivity index (χ0) is 17.7. The number of ether oxygens (including phenoxy) is 1. The maximum Gasteiger partial charge on any atom is 0.296 e. The third-order valence-corrected chi connectivity index (χ3v) is 4.12. The molecular weight excluding hydrogens is 328 g/mol. The number of anilines is 1. The lowest BCUT2D eigenvalue weighted by Crippen LogP contribution is -2.13. The van der Waals surface area contributed by atoms with Gasteiger partial charge in [0.15, 0.2) is 0 Å². The lowest BCUT2D eigenvalue weighted by Gasteiger charge is -2.09. The molecule has 2 rings (SSSR count). The quantitative estimate of drug-likeness (QED) is 0.477. The first-order valence-corrected chi connectivity index (χ1v) is 8.19. The summed E-state index contributed by atoms with van der Waals surface area (Å²) in [5.41, 5.74) is 0.369. The van der Waals surface area contributed by atoms with Gasteiger partial charge in [-0.3, -0.25) is 14.9 Å². The minimum absolute atomic E-state index is 0.132. The average Bonchev–Trinajstić information content (AvgIpc) is 2.54. The average molecular weight is 346 g/mol. The number of nitro groups is 1. The van der Waals surface area contributed by atoms with E-state index in [1.54, 1.807) is 36.0 Å². The number of carbonyl (C=O) groups excluding carboxylic acids is 1. The normalized spacial score (nSPS) is 10.5. The molecule has 1 amide bonds. The van der Waals surface area contributed by atoms with Gasteiger partial charge >= 0.3 is 0 Å². The van der Waals surface area contributed by atoms with E-state index in [1.807, 2.05) is 6.07 Å². The third-order valence-electron chi connectivity index (χ3n) is 3.12. The number of nitro benzene ring substituents is 1. The summed E-state index contributed by atoms with van der Waals surface area (Å²) in [4.78, 5) is 24.0. The number of thioether (sulfide) groups is 1. The SMILES string of the molecule is COc1ccc(NC(=O)c2cccc(SC(C)C)c2)c([N+](=O)[O-])c1. The zero-order valence-electron chi connectivity index (χ0n) is 13.6. The largest absolute Gasteiger partial charge is 0.496 e. The van der Waals surface area contributed by atoms with Crippen molar-refractivity contribution in [3.8, 4) is 5.75 Å². The number of methoxy groups -OCH3 is 1. The molecule has 1 N–H and O–H groups in total. The molecule has 0 bridgehead atoms. The van der Waals surface area contributed by atoms with Crippen LogP contribution in [-0.2, 0) is 0 Å². The van der Waals surface area contributed by atoms with E-state index in [1.165, 1.54) is 19.2 Å². The van der Waals surface area contributed by atoms with Gasteiger partial charge in [0, 0.05) is 15.7 Å². The molecule has 0 spiro atoms. The Kier molecular flexibility index (Phi) is 5.81. The Morgan fingerprint density at radius 3 is 2.62 bits per heavy atom. The van der Waals surface area contributed by atoms with Crippen molar-refractivity contribution in [2.24, 2.45) is 0 Å². The van der Waals surface area contributed by atoms with Crippen molar-refractivity contribution in [3.05, 3.63) is 58.1 Å². The molecule has 0 radical (unpaired) electrons. The summed E-state index contributed by atoms with van der Waals surface area (Å²) in [6.07, 6.45) is 0. The van der Waals surface area contributed by atoms with Gasteiger partial charge in [-0.2, -0.15) is 0 Å². The number of nitrogens with one attached hydrogen (secondary N) is 1. The van der Waals surface area contributed by atoms with Crippen LogP contribution in [0.2, 0.25) is 0 Å². The highest BCUT2D eigenvalue weighted by atomic mass is 32.2. The van der Waals surface area contributed by atoms with Gasteiger partial charge < -0.3 is 10.1 Å². The van der Waals surface area contributed by atoms with Crippen LogP contribution >= 0.6 is 11.8 Å². The van der Waals surface area contributed by atoms with Crippen LogP contribution in [-0.4, -0.2) is 23.2 Å². The standard InChI is InChI=1S/C17H18N2O4S/c1-11(2)24-14-6-4-5-12(9-14)17(20)18-15-8-7-13(23-3)10-16(15)19(21)22/h4-11H,1-3H3,(H,18,20). The fourth-order valence-corrected chi connectivity index (χ4v) is 2.97. The summed E-state index contributed by atoms with van der Waals surface area (Å²) in [5, 5.41) is 14.2. The number of hydrogen-bond acceptors (Lipinski definition) is 5. The molecule has 0 saturated heterocycles. The van der Waals surface area contributed by atoms with Crippen molar-refractivity contribution < 1.29 is 14.5 Å². The van der Waals surface area contributed by atoms with Crippen molar-refractivity contribution in [2.45, 2.75) is 24.0 Å². The lowest BCUT2D eigenvalue weighted by atomic mass is 10.2. The lowest BCUT2D eigenvalue weighted by molar-refractivity contribution is -0.384. The molecule has 0 atom stereocenters. The highest BCUT2D eigenvalue weighted by Gasteiger charge is 2.18. The predicted octanol–water partition coefficient (Wildman–Crippen LogP) is 4.36. The summed E-state index contributed by atoms with van der Waals surface area (Å²) in [5.74, 6) is -0.0375. The van der Waals surface area contributed by atoms with Gasteiger partial charge in [0.1, 0.15) is 11.4 Å². The van der Waals surface area contributed by atoms with Gasteiger partial charge in [0.25, 0.3) is 11.6 Å². The maximum atomic E-state index is 12.4. The van der Waals surface area contributed by atoms with E-state index < -0.39 is 10.8 Å². The molecule has 0 unspecified atom stereocenters. The van der Waals surface area contributed by atoms with Crippen LogP contribution < -0.4 is 10.1 Å². The van der Waals surface area contributed by atoms with E-state index in [0.29, 0.717) is 16.6 Å². The number of hydrogen-bond donors (Lipinski definition) is 1. The molecule has 7 heteroatoms. The fourth-order valence-electron chi connectivity index (χ4n) is 2.07. The Bertz CT molecular complexity index is 762. The second kappa shape index (κ2) is 7.83. The summed E-state index contributed by atoms with van der Waals surface area (Å²) in [6, 6.07) is 11.5. The fraction of sp³-hybridized carbons (Fsp3) is 0.235. The first kappa shape index (κ1) is 17.8. The molecule has 0 aromatic heterocycles. The Morgan fingerprint density at radius 2 is 2.00 bits per heavy atom. The van der Waals surface area contributed by atoms with Crippen LogP contribution in [0.1, 0.15) is 24.2 Å². The van der Waals surface area contributed by atoms with Crippen molar-refractivity contribution in [1.82, 2.24) is 0 Å². The molecule has 24 heavy (non-hydrogen) atoms. The van der Waals surface area contributed by atoms with E-state index in [9.17, 15) is 14.9 Å². The van der Waals surface area contributed by atoms with Crippen molar-refractivity contribution in [3.63, 3.8) is 0 Å². The molecule has 6 nitrogen and oxygen atoms in total. The highest BCUT2D eigenvalue weighted by molar-refractivity contribution is 7.99. The Morgan fingerprint density at radius 1 is 1.25 bits per heavy atom. The summed E-state index contributed by atoms with van der Waals surface area (Å²) < 4.78 is 4.98. The van der Waals surface area contributed by atoms with Gasteiger partial charge in [-0.25, -0.2) is 0 Å². The molecule has 0 aliphatic heterocycles. The number of rotatable bonds is 6. The summed E-state index contributed by atoms with van der Waals surface area (Å²) in [6.45, 7) is 4.14. The van der Waals surface area contributed by atoms with Gasteiger partial charge in [0.2, 0.25) is 0 Å². The highest BCUT2D eigenvalue weighted by Crippen LogP contribution is 2.30. The molecule has 0 heterocycles. The molecule has 2 aromatic carbocycles. The van der Waals surface area contributed by atoms with Crippen LogP contribution in [0.25, 0.3) is 0 Å². The molecule has 0 aliphatic rings. The molecule has 2 aromatic rings. The summed E-state index contributed by atoms with van der Waals surface area (Å²) in [7, 11) is 1.43. The van der Waals surface area contributed by atoms with Gasteiger partial charge in [0.05, 0.1) is 18.1 Å². The van der Waals surface area contributed by atoms with Crippen molar-refractivity contribution in [1.29, 1.82) is 0 Å².